The fourth-order valence-corrected chi connectivity index (χ4v) is 6.23. The molecular weight excluding hydrogens is 558 g/mol. The number of fused-ring (bicyclic) bond motifs is 1. The van der Waals surface area contributed by atoms with Crippen molar-refractivity contribution >= 4 is 46.2 Å². The van der Waals surface area contributed by atoms with E-state index in [0.717, 1.165) is 22.1 Å². The standard InChI is InChI=1S/C30H32ClN7O4/c1-4-19-9-6-8-12-22(19)38-24(39)17-23(27(38)40)35-13-15-36(16-14-35)29-32-26-25(28(41)34(3)30(42)33(26)2)37(29)18-20-10-5-7-11-21(20)31/h5-12,23H,4,13-18H2,1-3H3. The Balaban J connectivity index is 1.30. The highest BCUT2D eigenvalue weighted by atomic mass is 35.5. The molecule has 42 heavy (non-hydrogen) atoms. The van der Waals surface area contributed by atoms with E-state index in [0.29, 0.717) is 60.5 Å². The number of benzene rings is 2. The molecule has 4 heterocycles. The SMILES string of the molecule is CCc1ccccc1N1C(=O)CC(N2CCN(c3nc4c(c(=O)n(C)c(=O)n4C)n3Cc3ccccc3Cl)CC2)C1=O. The molecule has 0 saturated carbocycles. The average molecular weight is 590 g/mol. The van der Waals surface area contributed by atoms with Gasteiger partial charge in [-0.15, -0.1) is 0 Å². The molecule has 218 valence electrons. The summed E-state index contributed by atoms with van der Waals surface area (Å²) in [4.78, 5) is 62.9. The number of carbonyl (C=O) groups is 2. The summed E-state index contributed by atoms with van der Waals surface area (Å²) in [6.07, 6.45) is 0.862. The van der Waals surface area contributed by atoms with Crippen LogP contribution in [-0.2, 0) is 36.6 Å². The number of anilines is 2. The van der Waals surface area contributed by atoms with Crippen molar-refractivity contribution in [1.82, 2.24) is 23.6 Å². The van der Waals surface area contributed by atoms with Gasteiger partial charge in [0.25, 0.3) is 11.5 Å². The highest BCUT2D eigenvalue weighted by Crippen LogP contribution is 2.30. The zero-order valence-corrected chi connectivity index (χ0v) is 24.5. The largest absolute Gasteiger partial charge is 0.340 e. The van der Waals surface area contributed by atoms with Crippen LogP contribution in [0.4, 0.5) is 11.6 Å². The van der Waals surface area contributed by atoms with Crippen LogP contribution in [0, 0.1) is 0 Å². The molecule has 12 heteroatoms. The Labute approximate surface area is 247 Å². The van der Waals surface area contributed by atoms with Gasteiger partial charge in [-0.25, -0.2) is 9.69 Å². The molecule has 0 aliphatic carbocycles. The minimum atomic E-state index is -0.528. The van der Waals surface area contributed by atoms with E-state index in [2.05, 4.69) is 9.80 Å². The van der Waals surface area contributed by atoms with E-state index in [1.165, 1.54) is 16.5 Å². The third-order valence-corrected chi connectivity index (χ3v) is 8.76. The molecule has 1 unspecified atom stereocenters. The highest BCUT2D eigenvalue weighted by molar-refractivity contribution is 6.31. The predicted molar refractivity (Wildman–Crippen MR) is 161 cm³/mol. The maximum absolute atomic E-state index is 13.5. The Morgan fingerprint density at radius 2 is 1.55 bits per heavy atom. The van der Waals surface area contributed by atoms with Gasteiger partial charge in [0.1, 0.15) is 0 Å². The number of piperazine rings is 1. The van der Waals surface area contributed by atoms with Crippen molar-refractivity contribution in [2.75, 3.05) is 36.0 Å². The van der Waals surface area contributed by atoms with Crippen molar-refractivity contribution in [3.05, 3.63) is 85.5 Å². The van der Waals surface area contributed by atoms with E-state index >= 15 is 0 Å². The number of amides is 2. The maximum Gasteiger partial charge on any atom is 0.332 e. The van der Waals surface area contributed by atoms with E-state index < -0.39 is 17.3 Å². The molecular formula is C30H32ClN7O4. The Morgan fingerprint density at radius 3 is 2.24 bits per heavy atom. The molecule has 6 rings (SSSR count). The van der Waals surface area contributed by atoms with Gasteiger partial charge in [-0.05, 0) is 29.7 Å². The zero-order valence-electron chi connectivity index (χ0n) is 23.8. The molecule has 2 aliphatic rings. The molecule has 0 bridgehead atoms. The van der Waals surface area contributed by atoms with Crippen molar-refractivity contribution in [2.24, 2.45) is 14.1 Å². The van der Waals surface area contributed by atoms with Crippen molar-refractivity contribution in [3.63, 3.8) is 0 Å². The zero-order chi connectivity index (χ0) is 29.7. The van der Waals surface area contributed by atoms with Gasteiger partial charge in [-0.3, -0.25) is 33.0 Å². The van der Waals surface area contributed by atoms with Crippen molar-refractivity contribution in [1.29, 1.82) is 0 Å². The number of aromatic nitrogens is 4. The first-order valence-electron chi connectivity index (χ1n) is 14.0. The Kier molecular flexibility index (Phi) is 7.24. The van der Waals surface area contributed by atoms with Crippen LogP contribution in [-0.4, -0.2) is 67.6 Å². The topological polar surface area (TPSA) is 106 Å². The lowest BCUT2D eigenvalue weighted by Crippen LogP contribution is -2.53. The molecule has 4 aromatic rings. The number of rotatable bonds is 6. The monoisotopic (exact) mass is 589 g/mol. The third-order valence-electron chi connectivity index (χ3n) is 8.39. The van der Waals surface area contributed by atoms with Crippen molar-refractivity contribution in [3.8, 4) is 0 Å². The highest BCUT2D eigenvalue weighted by Gasteiger charge is 2.44. The van der Waals surface area contributed by atoms with Crippen LogP contribution >= 0.6 is 11.6 Å². The summed E-state index contributed by atoms with van der Waals surface area (Å²) in [6, 6.07) is 14.4. The molecule has 2 aromatic carbocycles. The molecule has 1 atom stereocenters. The number of nitrogens with zero attached hydrogens (tertiary/aromatic N) is 7. The van der Waals surface area contributed by atoms with E-state index in [1.807, 2.05) is 54.0 Å². The van der Waals surface area contributed by atoms with Crippen LogP contribution in [0.2, 0.25) is 5.02 Å². The average Bonchev–Trinajstić information content (AvgIpc) is 3.52. The lowest BCUT2D eigenvalue weighted by Gasteiger charge is -2.37. The summed E-state index contributed by atoms with van der Waals surface area (Å²) in [6.45, 7) is 4.39. The Morgan fingerprint density at radius 1 is 0.881 bits per heavy atom. The summed E-state index contributed by atoms with van der Waals surface area (Å²) in [5.74, 6) is 0.167. The third kappa shape index (κ3) is 4.53. The number of imidazole rings is 1. The van der Waals surface area contributed by atoms with Gasteiger partial charge in [-0.1, -0.05) is 54.9 Å². The number of halogens is 1. The van der Waals surface area contributed by atoms with Gasteiger partial charge in [0.15, 0.2) is 11.2 Å². The normalized spacial score (nSPS) is 18.0. The van der Waals surface area contributed by atoms with Crippen molar-refractivity contribution in [2.45, 2.75) is 32.4 Å². The molecule has 2 amide bonds. The van der Waals surface area contributed by atoms with Gasteiger partial charge < -0.3 is 4.90 Å². The lowest BCUT2D eigenvalue weighted by molar-refractivity contribution is -0.123. The van der Waals surface area contributed by atoms with E-state index in [9.17, 15) is 19.2 Å². The van der Waals surface area contributed by atoms with Gasteiger partial charge >= 0.3 is 5.69 Å². The first kappa shape index (κ1) is 27.9. The predicted octanol–water partition coefficient (Wildman–Crippen LogP) is 2.15. The minimum absolute atomic E-state index is 0.139. The van der Waals surface area contributed by atoms with Crippen LogP contribution in [0.25, 0.3) is 11.2 Å². The van der Waals surface area contributed by atoms with Crippen LogP contribution in [0.15, 0.2) is 58.1 Å². The summed E-state index contributed by atoms with van der Waals surface area (Å²) >= 11 is 6.49. The fourth-order valence-electron chi connectivity index (χ4n) is 6.04. The van der Waals surface area contributed by atoms with Gasteiger partial charge in [0.05, 0.1) is 24.7 Å². The lowest BCUT2D eigenvalue weighted by atomic mass is 10.1. The first-order chi connectivity index (χ1) is 20.2. The second kappa shape index (κ2) is 10.9. The molecule has 0 N–H and O–H groups in total. The Hall–Kier alpha value is -4.22. The number of hydrogen-bond donors (Lipinski definition) is 0. The van der Waals surface area contributed by atoms with E-state index in [1.54, 1.807) is 13.1 Å². The van der Waals surface area contributed by atoms with Gasteiger partial charge in [-0.2, -0.15) is 4.98 Å². The summed E-state index contributed by atoms with van der Waals surface area (Å²) in [5, 5.41) is 0.565. The van der Waals surface area contributed by atoms with Gasteiger partial charge in [0.2, 0.25) is 11.9 Å². The molecule has 2 saturated heterocycles. The molecule has 0 spiro atoms. The number of carbonyl (C=O) groups excluding carboxylic acids is 2. The van der Waals surface area contributed by atoms with E-state index in [4.69, 9.17) is 16.6 Å². The minimum Gasteiger partial charge on any atom is -0.340 e. The number of hydrogen-bond acceptors (Lipinski definition) is 7. The first-order valence-corrected chi connectivity index (χ1v) is 14.4. The second-order valence-electron chi connectivity index (χ2n) is 10.8. The smallest absolute Gasteiger partial charge is 0.332 e. The quantitative estimate of drug-likeness (QED) is 0.317. The fraction of sp³-hybridized carbons (Fsp3) is 0.367. The van der Waals surface area contributed by atoms with Crippen LogP contribution < -0.4 is 21.0 Å². The molecule has 11 nitrogen and oxygen atoms in total. The number of para-hydroxylation sites is 1. The summed E-state index contributed by atoms with van der Waals surface area (Å²) in [7, 11) is 3.06. The van der Waals surface area contributed by atoms with Crippen LogP contribution in [0.3, 0.4) is 0 Å². The summed E-state index contributed by atoms with van der Waals surface area (Å²) in [5.41, 5.74) is 2.18. The summed E-state index contributed by atoms with van der Waals surface area (Å²) < 4.78 is 4.28. The molecule has 0 radical (unpaired) electrons. The molecule has 2 fully saturated rings. The van der Waals surface area contributed by atoms with Crippen LogP contribution in [0.5, 0.6) is 0 Å². The van der Waals surface area contributed by atoms with E-state index in [-0.39, 0.29) is 18.2 Å². The second-order valence-corrected chi connectivity index (χ2v) is 11.2. The van der Waals surface area contributed by atoms with Crippen LogP contribution in [0.1, 0.15) is 24.5 Å². The van der Waals surface area contributed by atoms with Crippen molar-refractivity contribution < 1.29 is 9.59 Å². The molecule has 2 aromatic heterocycles. The molecule has 2 aliphatic heterocycles. The number of aryl methyl sites for hydroxylation is 2. The Bertz CT molecular complexity index is 1830. The maximum atomic E-state index is 13.5. The van der Waals surface area contributed by atoms with Gasteiger partial charge in [0, 0.05) is 45.3 Å². The number of imide groups is 1.